The third-order valence-corrected chi connectivity index (χ3v) is 3.69. The Balaban J connectivity index is 2.41. The van der Waals surface area contributed by atoms with E-state index in [1.54, 1.807) is 0 Å². The first kappa shape index (κ1) is 14.5. The zero-order valence-corrected chi connectivity index (χ0v) is 11.7. The molecule has 1 saturated carbocycles. The molecule has 3 heteroatoms. The molecule has 3 nitrogen and oxygen atoms in total. The summed E-state index contributed by atoms with van der Waals surface area (Å²) < 4.78 is 0. The zero-order chi connectivity index (χ0) is 12.8. The molecule has 98 valence electrons. The number of nitrogens with one attached hydrogen (secondary N) is 1. The summed E-state index contributed by atoms with van der Waals surface area (Å²) in [6, 6.07) is 3.36. The fourth-order valence-electron chi connectivity index (χ4n) is 2.77. The van der Waals surface area contributed by atoms with Crippen molar-refractivity contribution < 1.29 is 0 Å². The van der Waals surface area contributed by atoms with Crippen molar-refractivity contribution in [3.63, 3.8) is 0 Å². The first-order chi connectivity index (χ1) is 8.02. The van der Waals surface area contributed by atoms with Crippen LogP contribution in [0.25, 0.3) is 0 Å². The molecule has 0 bridgehead atoms. The molecule has 3 unspecified atom stereocenters. The first-order valence-corrected chi connectivity index (χ1v) is 6.88. The lowest BCUT2D eigenvalue weighted by molar-refractivity contribution is 0.156. The molecule has 3 atom stereocenters. The molecule has 1 fully saturated rings. The number of likely N-dealkylation sites (N-methyl/N-ethyl adjacent to an activating group) is 1. The average molecular weight is 237 g/mol. The number of hydrogen-bond donors (Lipinski definition) is 1. The van der Waals surface area contributed by atoms with Gasteiger partial charge in [-0.1, -0.05) is 19.8 Å². The molecule has 1 N–H and O–H groups in total. The van der Waals surface area contributed by atoms with E-state index in [1.807, 2.05) is 0 Å². The predicted octanol–water partition coefficient (Wildman–Crippen LogP) is 2.39. The minimum atomic E-state index is -0.0442. The van der Waals surface area contributed by atoms with Gasteiger partial charge >= 0.3 is 0 Å². The van der Waals surface area contributed by atoms with Crippen LogP contribution in [0.1, 0.15) is 46.5 Å². The maximum Gasteiger partial charge on any atom is 0.108 e. The number of rotatable bonds is 5. The minimum absolute atomic E-state index is 0.0442. The van der Waals surface area contributed by atoms with E-state index in [2.05, 4.69) is 44.1 Å². The molecule has 0 radical (unpaired) electrons. The molecule has 1 aliphatic rings. The van der Waals surface area contributed by atoms with Gasteiger partial charge in [0.2, 0.25) is 0 Å². The maximum absolute atomic E-state index is 9.13. The van der Waals surface area contributed by atoms with Crippen molar-refractivity contribution in [1.82, 2.24) is 10.2 Å². The van der Waals surface area contributed by atoms with Crippen LogP contribution >= 0.6 is 0 Å². The molecule has 0 aromatic heterocycles. The second-order valence-corrected chi connectivity index (χ2v) is 5.87. The quantitative estimate of drug-likeness (QED) is 0.798. The Kier molecular flexibility index (Phi) is 5.94. The normalized spacial score (nSPS) is 27.1. The summed E-state index contributed by atoms with van der Waals surface area (Å²) in [4.78, 5) is 2.37. The standard InChI is InChI=1S/C14H27N3/c1-11(2)16-13(9-15)10-17(4)14-7-5-6-12(3)8-14/h11-14,16H,5-8,10H2,1-4H3. The van der Waals surface area contributed by atoms with Crippen LogP contribution in [0, 0.1) is 17.2 Å². The Morgan fingerprint density at radius 1 is 1.41 bits per heavy atom. The third kappa shape index (κ3) is 5.06. The van der Waals surface area contributed by atoms with Crippen molar-refractivity contribution in [3.05, 3.63) is 0 Å². The van der Waals surface area contributed by atoms with Crippen molar-refractivity contribution >= 4 is 0 Å². The van der Waals surface area contributed by atoms with Gasteiger partial charge in [-0.2, -0.15) is 5.26 Å². The Morgan fingerprint density at radius 3 is 2.65 bits per heavy atom. The van der Waals surface area contributed by atoms with Crippen LogP contribution in [-0.2, 0) is 0 Å². The molecule has 0 aromatic rings. The molecule has 0 spiro atoms. The summed E-state index contributed by atoms with van der Waals surface area (Å²) in [5, 5.41) is 12.4. The second-order valence-electron chi connectivity index (χ2n) is 5.87. The summed E-state index contributed by atoms with van der Waals surface area (Å²) in [7, 11) is 2.16. The van der Waals surface area contributed by atoms with Crippen molar-refractivity contribution in [3.8, 4) is 6.07 Å². The van der Waals surface area contributed by atoms with E-state index >= 15 is 0 Å². The lowest BCUT2D eigenvalue weighted by Crippen LogP contribution is -2.46. The lowest BCUT2D eigenvalue weighted by Gasteiger charge is -2.35. The minimum Gasteiger partial charge on any atom is -0.301 e. The monoisotopic (exact) mass is 237 g/mol. The highest BCUT2D eigenvalue weighted by atomic mass is 15.2. The number of hydrogen-bond acceptors (Lipinski definition) is 3. The van der Waals surface area contributed by atoms with E-state index in [9.17, 15) is 0 Å². The molecule has 0 heterocycles. The van der Waals surface area contributed by atoms with E-state index in [0.717, 1.165) is 12.5 Å². The number of nitrogens with zero attached hydrogens (tertiary/aromatic N) is 2. The van der Waals surface area contributed by atoms with Crippen molar-refractivity contribution in [2.75, 3.05) is 13.6 Å². The molecule has 0 saturated heterocycles. The van der Waals surface area contributed by atoms with Crippen LogP contribution in [0.3, 0.4) is 0 Å². The van der Waals surface area contributed by atoms with Crippen LogP contribution in [0.2, 0.25) is 0 Å². The molecular formula is C14H27N3. The highest BCUT2D eigenvalue weighted by Gasteiger charge is 2.24. The molecule has 1 aliphatic carbocycles. The summed E-state index contributed by atoms with van der Waals surface area (Å²) in [6.07, 6.45) is 5.29. The van der Waals surface area contributed by atoms with E-state index in [4.69, 9.17) is 5.26 Å². The van der Waals surface area contributed by atoms with Crippen molar-refractivity contribution in [2.24, 2.45) is 5.92 Å². The third-order valence-electron chi connectivity index (χ3n) is 3.69. The summed E-state index contributed by atoms with van der Waals surface area (Å²) in [5.74, 6) is 0.842. The number of nitriles is 1. The van der Waals surface area contributed by atoms with E-state index in [1.165, 1.54) is 25.7 Å². The Labute approximate surface area is 106 Å². The van der Waals surface area contributed by atoms with Gasteiger partial charge in [-0.25, -0.2) is 0 Å². The topological polar surface area (TPSA) is 39.1 Å². The Bertz CT molecular complexity index is 257. The molecule has 0 aliphatic heterocycles. The van der Waals surface area contributed by atoms with Gasteiger partial charge in [-0.15, -0.1) is 0 Å². The highest BCUT2D eigenvalue weighted by molar-refractivity contribution is 4.94. The van der Waals surface area contributed by atoms with Crippen LogP contribution in [0.5, 0.6) is 0 Å². The average Bonchev–Trinajstić information content (AvgIpc) is 2.27. The van der Waals surface area contributed by atoms with Gasteiger partial charge in [-0.3, -0.25) is 5.32 Å². The summed E-state index contributed by atoms with van der Waals surface area (Å²) in [6.45, 7) is 7.36. The predicted molar refractivity (Wildman–Crippen MR) is 71.7 cm³/mol. The zero-order valence-electron chi connectivity index (χ0n) is 11.7. The SMILES string of the molecule is CC1CCCC(N(C)CC(C#N)NC(C)C)C1. The lowest BCUT2D eigenvalue weighted by atomic mass is 9.86. The summed E-state index contributed by atoms with van der Waals surface area (Å²) in [5.41, 5.74) is 0. The van der Waals surface area contributed by atoms with E-state index in [0.29, 0.717) is 12.1 Å². The van der Waals surface area contributed by atoms with Gasteiger partial charge in [0.05, 0.1) is 6.07 Å². The van der Waals surface area contributed by atoms with Crippen LogP contribution < -0.4 is 5.32 Å². The van der Waals surface area contributed by atoms with Gasteiger partial charge in [-0.05, 0) is 39.7 Å². The van der Waals surface area contributed by atoms with Crippen LogP contribution in [-0.4, -0.2) is 36.6 Å². The van der Waals surface area contributed by atoms with Gasteiger partial charge in [0.1, 0.15) is 6.04 Å². The maximum atomic E-state index is 9.13. The molecular weight excluding hydrogens is 210 g/mol. The van der Waals surface area contributed by atoms with Gasteiger partial charge in [0.15, 0.2) is 0 Å². The molecule has 0 aromatic carbocycles. The molecule has 1 rings (SSSR count). The largest absolute Gasteiger partial charge is 0.301 e. The van der Waals surface area contributed by atoms with Gasteiger partial charge in [0, 0.05) is 18.6 Å². The second kappa shape index (κ2) is 6.98. The van der Waals surface area contributed by atoms with Gasteiger partial charge < -0.3 is 4.90 Å². The van der Waals surface area contributed by atoms with Crippen LogP contribution in [0.4, 0.5) is 0 Å². The summed E-state index contributed by atoms with van der Waals surface area (Å²) >= 11 is 0. The molecule has 17 heavy (non-hydrogen) atoms. The van der Waals surface area contributed by atoms with E-state index in [-0.39, 0.29) is 6.04 Å². The van der Waals surface area contributed by atoms with Gasteiger partial charge in [0.25, 0.3) is 0 Å². The van der Waals surface area contributed by atoms with E-state index < -0.39 is 0 Å². The van der Waals surface area contributed by atoms with Crippen molar-refractivity contribution in [1.29, 1.82) is 5.26 Å². The fraction of sp³-hybridized carbons (Fsp3) is 0.929. The fourth-order valence-corrected chi connectivity index (χ4v) is 2.77. The highest BCUT2D eigenvalue weighted by Crippen LogP contribution is 2.26. The first-order valence-electron chi connectivity index (χ1n) is 6.88. The Morgan fingerprint density at radius 2 is 2.12 bits per heavy atom. The van der Waals surface area contributed by atoms with Crippen molar-refractivity contribution in [2.45, 2.75) is 64.6 Å². The van der Waals surface area contributed by atoms with Crippen LogP contribution in [0.15, 0.2) is 0 Å². The molecule has 0 amide bonds. The Hall–Kier alpha value is -0.590. The smallest absolute Gasteiger partial charge is 0.108 e.